The van der Waals surface area contributed by atoms with Crippen molar-refractivity contribution in [1.82, 2.24) is 9.80 Å². The quantitative estimate of drug-likeness (QED) is 0.581. The average molecular weight is 449 g/mol. The number of hydrogen-bond acceptors (Lipinski definition) is 3. The van der Waals surface area contributed by atoms with Crippen LogP contribution in [0.15, 0.2) is 48.5 Å². The van der Waals surface area contributed by atoms with Gasteiger partial charge in [0.05, 0.1) is 11.6 Å². The molecule has 0 bridgehead atoms. The summed E-state index contributed by atoms with van der Waals surface area (Å²) in [6, 6.07) is 15.5. The monoisotopic (exact) mass is 448 g/mol. The van der Waals surface area contributed by atoms with Crippen LogP contribution in [-0.2, 0) is 0 Å². The molecule has 1 saturated carbocycles. The third-order valence-corrected chi connectivity index (χ3v) is 6.98. The van der Waals surface area contributed by atoms with E-state index in [9.17, 15) is 9.59 Å². The van der Waals surface area contributed by atoms with Gasteiger partial charge in [-0.15, -0.1) is 0 Å². The van der Waals surface area contributed by atoms with Crippen molar-refractivity contribution < 1.29 is 14.3 Å². The molecular formula is C28H36N2O3. The first-order valence-electron chi connectivity index (χ1n) is 12.4. The second-order valence-corrected chi connectivity index (χ2v) is 9.51. The molecule has 5 heteroatoms. The number of hydrogen-bond donors (Lipinski definition) is 0. The van der Waals surface area contributed by atoms with Crippen molar-refractivity contribution in [3.05, 3.63) is 65.2 Å². The molecule has 1 fully saturated rings. The predicted octanol–water partition coefficient (Wildman–Crippen LogP) is 5.47. The molecule has 33 heavy (non-hydrogen) atoms. The van der Waals surface area contributed by atoms with E-state index in [0.717, 1.165) is 75.6 Å². The lowest BCUT2D eigenvalue weighted by Crippen LogP contribution is -2.51. The molecule has 1 aliphatic carbocycles. The van der Waals surface area contributed by atoms with Gasteiger partial charge in [0.25, 0.3) is 11.8 Å². The maximum Gasteiger partial charge on any atom is 0.257 e. The summed E-state index contributed by atoms with van der Waals surface area (Å²) < 4.78 is 6.56. The van der Waals surface area contributed by atoms with Crippen LogP contribution in [0.25, 0.3) is 0 Å². The Bertz CT molecular complexity index is 973. The van der Waals surface area contributed by atoms with Crippen molar-refractivity contribution >= 4 is 11.8 Å². The van der Waals surface area contributed by atoms with Crippen LogP contribution in [-0.4, -0.2) is 53.9 Å². The molecule has 2 amide bonds. The summed E-state index contributed by atoms with van der Waals surface area (Å²) in [5.74, 6) is 0.726. The van der Waals surface area contributed by atoms with Gasteiger partial charge < -0.3 is 14.5 Å². The van der Waals surface area contributed by atoms with E-state index in [-0.39, 0.29) is 24.0 Å². The zero-order valence-corrected chi connectivity index (χ0v) is 20.0. The Hall–Kier alpha value is -2.82. The minimum Gasteiger partial charge on any atom is -0.487 e. The molecule has 0 N–H and O–H groups in total. The summed E-state index contributed by atoms with van der Waals surface area (Å²) in [6.07, 6.45) is 7.89. The number of para-hydroxylation sites is 1. The molecule has 0 spiro atoms. The standard InChI is InChI=1S/C28H36N2O3/c1-21-12-11-13-22(20-21)27(31)30-19-10-4-3-9-18-29(2)28(32)23-14-5-7-16-25(23)33-26-17-8-6-15-24(26)30/h5,7,11-14,16,20,24,26H,3-4,6,8-10,15,17-19H2,1-2H3/t24-,26+/m1/s1. The van der Waals surface area contributed by atoms with Crippen LogP contribution in [0.4, 0.5) is 0 Å². The maximum absolute atomic E-state index is 13.7. The molecule has 0 radical (unpaired) electrons. The van der Waals surface area contributed by atoms with Crippen LogP contribution in [0.1, 0.15) is 77.6 Å². The van der Waals surface area contributed by atoms with Gasteiger partial charge in [-0.1, -0.05) is 49.1 Å². The molecule has 2 aromatic carbocycles. The molecule has 2 aliphatic rings. The van der Waals surface area contributed by atoms with E-state index in [0.29, 0.717) is 11.3 Å². The molecule has 4 rings (SSSR count). The van der Waals surface area contributed by atoms with E-state index < -0.39 is 0 Å². The second-order valence-electron chi connectivity index (χ2n) is 9.51. The fourth-order valence-corrected chi connectivity index (χ4v) is 5.13. The zero-order chi connectivity index (χ0) is 23.2. The molecule has 0 unspecified atom stereocenters. The van der Waals surface area contributed by atoms with Gasteiger partial charge in [0.2, 0.25) is 0 Å². The van der Waals surface area contributed by atoms with Crippen LogP contribution in [0, 0.1) is 6.92 Å². The van der Waals surface area contributed by atoms with Crippen LogP contribution >= 0.6 is 0 Å². The molecule has 176 valence electrons. The fraction of sp³-hybridized carbons (Fsp3) is 0.500. The number of carbonyl (C=O) groups is 2. The molecule has 2 atom stereocenters. The number of nitrogens with zero attached hydrogens (tertiary/aromatic N) is 2. The topological polar surface area (TPSA) is 49.9 Å². The average Bonchev–Trinajstić information content (AvgIpc) is 2.83. The fourth-order valence-electron chi connectivity index (χ4n) is 5.13. The Morgan fingerprint density at radius 2 is 1.67 bits per heavy atom. The smallest absolute Gasteiger partial charge is 0.257 e. The first-order valence-corrected chi connectivity index (χ1v) is 12.4. The first-order chi connectivity index (χ1) is 16.0. The van der Waals surface area contributed by atoms with E-state index in [1.807, 2.05) is 62.5 Å². The minimum absolute atomic E-state index is 0.00251. The summed E-state index contributed by atoms with van der Waals surface area (Å²) in [6.45, 7) is 3.50. The van der Waals surface area contributed by atoms with Gasteiger partial charge in [0.15, 0.2) is 0 Å². The van der Waals surface area contributed by atoms with Crippen molar-refractivity contribution in [2.75, 3.05) is 20.1 Å². The molecule has 0 saturated heterocycles. The Morgan fingerprint density at radius 1 is 0.909 bits per heavy atom. The molecule has 1 heterocycles. The van der Waals surface area contributed by atoms with Gasteiger partial charge in [-0.2, -0.15) is 0 Å². The summed E-state index contributed by atoms with van der Waals surface area (Å²) in [4.78, 5) is 30.7. The highest BCUT2D eigenvalue weighted by Crippen LogP contribution is 2.31. The summed E-state index contributed by atoms with van der Waals surface area (Å²) in [5.41, 5.74) is 2.45. The number of benzene rings is 2. The molecule has 1 aliphatic heterocycles. The SMILES string of the molecule is Cc1cccc(C(=O)N2CCCCCCN(C)C(=O)c3ccccc3O[C@H]3CCCC[C@H]32)c1. The highest BCUT2D eigenvalue weighted by Gasteiger charge is 2.35. The van der Waals surface area contributed by atoms with E-state index in [1.54, 1.807) is 4.90 Å². The summed E-state index contributed by atoms with van der Waals surface area (Å²) in [7, 11) is 1.87. The van der Waals surface area contributed by atoms with Gasteiger partial charge in [0.1, 0.15) is 11.9 Å². The van der Waals surface area contributed by atoms with E-state index in [4.69, 9.17) is 4.74 Å². The highest BCUT2D eigenvalue weighted by molar-refractivity contribution is 5.97. The third-order valence-electron chi connectivity index (χ3n) is 6.98. The highest BCUT2D eigenvalue weighted by atomic mass is 16.5. The lowest BCUT2D eigenvalue weighted by atomic mass is 9.90. The number of carbonyl (C=O) groups excluding carboxylic acids is 2. The molecule has 5 nitrogen and oxygen atoms in total. The largest absolute Gasteiger partial charge is 0.487 e. The second kappa shape index (κ2) is 10.9. The van der Waals surface area contributed by atoms with Gasteiger partial charge in [-0.25, -0.2) is 0 Å². The zero-order valence-electron chi connectivity index (χ0n) is 20.0. The normalized spacial score (nSPS) is 22.5. The van der Waals surface area contributed by atoms with Crippen molar-refractivity contribution in [3.8, 4) is 5.75 Å². The van der Waals surface area contributed by atoms with Gasteiger partial charge in [0, 0.05) is 25.7 Å². The summed E-state index contributed by atoms with van der Waals surface area (Å²) >= 11 is 0. The molecule has 2 aromatic rings. The minimum atomic E-state index is -0.116. The number of aryl methyl sites for hydroxylation is 1. The lowest BCUT2D eigenvalue weighted by Gasteiger charge is -2.40. The van der Waals surface area contributed by atoms with Crippen LogP contribution < -0.4 is 4.74 Å². The van der Waals surface area contributed by atoms with Crippen molar-refractivity contribution in [1.29, 1.82) is 0 Å². The third kappa shape index (κ3) is 5.58. The van der Waals surface area contributed by atoms with Crippen molar-refractivity contribution in [3.63, 3.8) is 0 Å². The first kappa shape index (κ1) is 23.3. The number of ether oxygens (including phenoxy) is 1. The Labute approximate surface area is 197 Å². The van der Waals surface area contributed by atoms with E-state index >= 15 is 0 Å². The predicted molar refractivity (Wildman–Crippen MR) is 131 cm³/mol. The number of amides is 2. The van der Waals surface area contributed by atoms with Crippen molar-refractivity contribution in [2.45, 2.75) is 70.4 Å². The molecule has 0 aromatic heterocycles. The van der Waals surface area contributed by atoms with Crippen LogP contribution in [0.2, 0.25) is 0 Å². The Morgan fingerprint density at radius 3 is 2.48 bits per heavy atom. The maximum atomic E-state index is 13.7. The van der Waals surface area contributed by atoms with Crippen LogP contribution in [0.5, 0.6) is 5.75 Å². The molecular weight excluding hydrogens is 412 g/mol. The Balaban J connectivity index is 1.68. The van der Waals surface area contributed by atoms with Gasteiger partial charge in [-0.05, 0) is 63.3 Å². The lowest BCUT2D eigenvalue weighted by molar-refractivity contribution is 0.0267. The number of rotatable bonds is 1. The van der Waals surface area contributed by atoms with Crippen LogP contribution in [0.3, 0.4) is 0 Å². The van der Waals surface area contributed by atoms with Crippen molar-refractivity contribution in [2.24, 2.45) is 0 Å². The number of fused-ring (bicyclic) bond motifs is 2. The van der Waals surface area contributed by atoms with Gasteiger partial charge in [-0.3, -0.25) is 9.59 Å². The Kier molecular flexibility index (Phi) is 7.69. The van der Waals surface area contributed by atoms with E-state index in [1.165, 1.54) is 0 Å². The van der Waals surface area contributed by atoms with E-state index in [2.05, 4.69) is 4.90 Å². The van der Waals surface area contributed by atoms with Gasteiger partial charge >= 0.3 is 0 Å². The summed E-state index contributed by atoms with van der Waals surface area (Å²) in [5, 5.41) is 0.